The van der Waals surface area contributed by atoms with E-state index in [2.05, 4.69) is 0 Å². The molecule has 0 radical (unpaired) electrons. The Morgan fingerprint density at radius 1 is 1.36 bits per heavy atom. The smallest absolute Gasteiger partial charge is 0.305 e. The maximum Gasteiger partial charge on any atom is 0.305 e. The SMILES string of the molecule is CCC(=O)OCCc1ccc(N)cc1. The van der Waals surface area contributed by atoms with Crippen LogP contribution in [0.2, 0.25) is 0 Å². The van der Waals surface area contributed by atoms with Crippen molar-refractivity contribution < 1.29 is 9.53 Å². The lowest BCUT2D eigenvalue weighted by Gasteiger charge is -2.03. The number of nitrogen functional groups attached to an aromatic ring is 1. The van der Waals surface area contributed by atoms with Crippen LogP contribution in [0.4, 0.5) is 5.69 Å². The molecule has 0 amide bonds. The van der Waals surface area contributed by atoms with E-state index in [4.69, 9.17) is 10.5 Å². The fourth-order valence-electron chi connectivity index (χ4n) is 1.07. The average molecular weight is 193 g/mol. The fourth-order valence-corrected chi connectivity index (χ4v) is 1.07. The number of benzene rings is 1. The van der Waals surface area contributed by atoms with Gasteiger partial charge in [0.1, 0.15) is 0 Å². The highest BCUT2D eigenvalue weighted by Crippen LogP contribution is 2.06. The molecule has 76 valence electrons. The largest absolute Gasteiger partial charge is 0.465 e. The summed E-state index contributed by atoms with van der Waals surface area (Å²) in [6.45, 7) is 2.22. The van der Waals surface area contributed by atoms with Crippen molar-refractivity contribution in [2.45, 2.75) is 19.8 Å². The van der Waals surface area contributed by atoms with Crippen LogP contribution in [0.5, 0.6) is 0 Å². The van der Waals surface area contributed by atoms with Crippen LogP contribution in [0.25, 0.3) is 0 Å². The summed E-state index contributed by atoms with van der Waals surface area (Å²) in [5.74, 6) is -0.152. The zero-order valence-corrected chi connectivity index (χ0v) is 8.32. The topological polar surface area (TPSA) is 52.3 Å². The van der Waals surface area contributed by atoms with E-state index in [1.807, 2.05) is 24.3 Å². The molecule has 1 rings (SSSR count). The Kier molecular flexibility index (Phi) is 3.98. The molecular weight excluding hydrogens is 178 g/mol. The Labute approximate surface area is 83.9 Å². The first-order chi connectivity index (χ1) is 6.72. The Bertz CT molecular complexity index is 293. The van der Waals surface area contributed by atoms with Gasteiger partial charge >= 0.3 is 5.97 Å². The van der Waals surface area contributed by atoms with Gasteiger partial charge in [0.05, 0.1) is 6.61 Å². The van der Waals surface area contributed by atoms with Crippen LogP contribution in [0.15, 0.2) is 24.3 Å². The molecule has 0 aliphatic rings. The average Bonchev–Trinajstić information content (AvgIpc) is 2.21. The standard InChI is InChI=1S/C11H15NO2/c1-2-11(13)14-8-7-9-3-5-10(12)6-4-9/h3-6H,2,7-8,12H2,1H3. The molecule has 0 unspecified atom stereocenters. The van der Waals surface area contributed by atoms with Crippen LogP contribution < -0.4 is 5.73 Å². The minimum Gasteiger partial charge on any atom is -0.465 e. The third-order valence-electron chi connectivity index (χ3n) is 1.92. The van der Waals surface area contributed by atoms with Crippen molar-refractivity contribution in [2.75, 3.05) is 12.3 Å². The molecule has 1 aromatic carbocycles. The van der Waals surface area contributed by atoms with Gasteiger partial charge in [-0.1, -0.05) is 19.1 Å². The molecule has 0 heterocycles. The van der Waals surface area contributed by atoms with Crippen LogP contribution in [0.1, 0.15) is 18.9 Å². The number of nitrogens with two attached hydrogens (primary N) is 1. The normalized spacial score (nSPS) is 9.79. The van der Waals surface area contributed by atoms with Crippen LogP contribution >= 0.6 is 0 Å². The summed E-state index contributed by atoms with van der Waals surface area (Å²) < 4.78 is 4.96. The summed E-state index contributed by atoms with van der Waals surface area (Å²) in [5, 5.41) is 0. The van der Waals surface area contributed by atoms with E-state index < -0.39 is 0 Å². The molecule has 1 aromatic rings. The maximum absolute atomic E-state index is 10.8. The molecule has 0 bridgehead atoms. The Morgan fingerprint density at radius 2 is 2.00 bits per heavy atom. The molecular formula is C11H15NO2. The molecule has 0 atom stereocenters. The number of ether oxygens (including phenoxy) is 1. The van der Waals surface area contributed by atoms with Gasteiger partial charge in [-0.15, -0.1) is 0 Å². The monoisotopic (exact) mass is 193 g/mol. The van der Waals surface area contributed by atoms with E-state index in [-0.39, 0.29) is 5.97 Å². The minimum absolute atomic E-state index is 0.152. The van der Waals surface area contributed by atoms with Crippen molar-refractivity contribution in [3.8, 4) is 0 Å². The first-order valence-electron chi connectivity index (χ1n) is 4.72. The fraction of sp³-hybridized carbons (Fsp3) is 0.364. The van der Waals surface area contributed by atoms with Gasteiger partial charge in [0.25, 0.3) is 0 Å². The summed E-state index contributed by atoms with van der Waals surface area (Å²) in [6, 6.07) is 7.57. The van der Waals surface area contributed by atoms with Gasteiger partial charge in [-0.3, -0.25) is 4.79 Å². The third kappa shape index (κ3) is 3.47. The van der Waals surface area contributed by atoms with Crippen molar-refractivity contribution >= 4 is 11.7 Å². The lowest BCUT2D eigenvalue weighted by molar-refractivity contribution is -0.143. The van der Waals surface area contributed by atoms with Crippen molar-refractivity contribution in [1.82, 2.24) is 0 Å². The lowest BCUT2D eigenvalue weighted by Crippen LogP contribution is -2.05. The van der Waals surface area contributed by atoms with Gasteiger partial charge in [0.15, 0.2) is 0 Å². The molecule has 0 aromatic heterocycles. The first-order valence-corrected chi connectivity index (χ1v) is 4.72. The summed E-state index contributed by atoms with van der Waals surface area (Å²) >= 11 is 0. The number of esters is 1. The molecule has 14 heavy (non-hydrogen) atoms. The second kappa shape index (κ2) is 5.27. The highest BCUT2D eigenvalue weighted by atomic mass is 16.5. The molecule has 0 saturated carbocycles. The van der Waals surface area contributed by atoms with Crippen LogP contribution in [0, 0.1) is 0 Å². The highest BCUT2D eigenvalue weighted by Gasteiger charge is 1.98. The predicted molar refractivity (Wildman–Crippen MR) is 55.8 cm³/mol. The predicted octanol–water partition coefficient (Wildman–Crippen LogP) is 1.76. The van der Waals surface area contributed by atoms with Gasteiger partial charge in [0, 0.05) is 18.5 Å². The number of carbonyl (C=O) groups is 1. The molecule has 0 saturated heterocycles. The van der Waals surface area contributed by atoms with E-state index in [9.17, 15) is 4.79 Å². The number of carbonyl (C=O) groups excluding carboxylic acids is 1. The van der Waals surface area contributed by atoms with E-state index in [1.165, 1.54) is 0 Å². The van der Waals surface area contributed by atoms with E-state index in [0.29, 0.717) is 13.0 Å². The molecule has 0 aliphatic carbocycles. The number of hydrogen-bond acceptors (Lipinski definition) is 3. The molecule has 0 aliphatic heterocycles. The molecule has 0 spiro atoms. The van der Waals surface area contributed by atoms with Crippen LogP contribution in [-0.2, 0) is 16.0 Å². The second-order valence-electron chi connectivity index (χ2n) is 3.07. The highest BCUT2D eigenvalue weighted by molar-refractivity contribution is 5.68. The van der Waals surface area contributed by atoms with Gasteiger partial charge in [-0.05, 0) is 17.7 Å². The number of hydrogen-bond donors (Lipinski definition) is 1. The van der Waals surface area contributed by atoms with Crippen LogP contribution in [-0.4, -0.2) is 12.6 Å². The summed E-state index contributed by atoms with van der Waals surface area (Å²) in [7, 11) is 0. The van der Waals surface area contributed by atoms with Gasteiger partial charge in [-0.2, -0.15) is 0 Å². The summed E-state index contributed by atoms with van der Waals surface area (Å²) in [5.41, 5.74) is 7.42. The van der Waals surface area contributed by atoms with Gasteiger partial charge < -0.3 is 10.5 Å². The van der Waals surface area contributed by atoms with Crippen molar-refractivity contribution in [2.24, 2.45) is 0 Å². The Hall–Kier alpha value is -1.51. The van der Waals surface area contributed by atoms with Crippen molar-refractivity contribution in [3.05, 3.63) is 29.8 Å². The van der Waals surface area contributed by atoms with Crippen molar-refractivity contribution in [3.63, 3.8) is 0 Å². The quantitative estimate of drug-likeness (QED) is 0.585. The first kappa shape index (κ1) is 10.6. The minimum atomic E-state index is -0.152. The van der Waals surface area contributed by atoms with Crippen LogP contribution in [0.3, 0.4) is 0 Å². The molecule has 3 heteroatoms. The molecule has 0 fully saturated rings. The van der Waals surface area contributed by atoms with Crippen molar-refractivity contribution in [1.29, 1.82) is 0 Å². The van der Waals surface area contributed by atoms with Gasteiger partial charge in [-0.25, -0.2) is 0 Å². The number of rotatable bonds is 4. The summed E-state index contributed by atoms with van der Waals surface area (Å²) in [4.78, 5) is 10.8. The summed E-state index contributed by atoms with van der Waals surface area (Å²) in [6.07, 6.45) is 1.17. The Morgan fingerprint density at radius 3 is 2.57 bits per heavy atom. The zero-order chi connectivity index (χ0) is 10.4. The van der Waals surface area contributed by atoms with E-state index in [0.717, 1.165) is 17.7 Å². The Balaban J connectivity index is 2.31. The van der Waals surface area contributed by atoms with Gasteiger partial charge in [0.2, 0.25) is 0 Å². The molecule has 3 nitrogen and oxygen atoms in total. The molecule has 2 N–H and O–H groups in total. The van der Waals surface area contributed by atoms with E-state index >= 15 is 0 Å². The zero-order valence-electron chi connectivity index (χ0n) is 8.32. The third-order valence-corrected chi connectivity index (χ3v) is 1.92. The lowest BCUT2D eigenvalue weighted by atomic mass is 10.1. The maximum atomic E-state index is 10.8. The number of anilines is 1. The van der Waals surface area contributed by atoms with E-state index in [1.54, 1.807) is 6.92 Å². The second-order valence-corrected chi connectivity index (χ2v) is 3.07.